The molecule has 1 aromatic rings. The zero-order valence-corrected chi connectivity index (χ0v) is 11.3. The normalized spacial score (nSPS) is 13.2. The minimum absolute atomic E-state index is 0.0771. The lowest BCUT2D eigenvalue weighted by Crippen LogP contribution is -2.29. The smallest absolute Gasteiger partial charge is 0.337 e. The van der Waals surface area contributed by atoms with Crippen molar-refractivity contribution in [2.75, 3.05) is 21.3 Å². The predicted molar refractivity (Wildman–Crippen MR) is 67.3 cm³/mol. The Kier molecular flexibility index (Phi) is 5.48. The van der Waals surface area contributed by atoms with Gasteiger partial charge < -0.3 is 24.4 Å². The van der Waals surface area contributed by atoms with E-state index in [1.807, 2.05) is 0 Å². The van der Waals surface area contributed by atoms with Gasteiger partial charge >= 0.3 is 11.9 Å². The quantitative estimate of drug-likeness (QED) is 0.736. The molecule has 1 aromatic carbocycles. The van der Waals surface area contributed by atoms with Gasteiger partial charge in [0.2, 0.25) is 0 Å². The third kappa shape index (κ3) is 3.25. The summed E-state index contributed by atoms with van der Waals surface area (Å²) in [5.74, 6) is -1.40. The molecule has 0 fully saturated rings. The summed E-state index contributed by atoms with van der Waals surface area (Å²) in [6.07, 6.45) is -3.39. The highest BCUT2D eigenvalue weighted by molar-refractivity contribution is 5.90. The second-order valence-electron chi connectivity index (χ2n) is 3.86. The van der Waals surface area contributed by atoms with Gasteiger partial charge in [0.1, 0.15) is 11.9 Å². The lowest BCUT2D eigenvalue weighted by Gasteiger charge is -2.19. The van der Waals surface area contributed by atoms with E-state index in [1.165, 1.54) is 32.4 Å². The van der Waals surface area contributed by atoms with Crippen molar-refractivity contribution in [3.63, 3.8) is 0 Å². The number of methoxy groups -OCH3 is 3. The Bertz CT molecular complexity index is 497. The molecule has 7 heteroatoms. The molecule has 0 aliphatic heterocycles. The average molecular weight is 284 g/mol. The summed E-state index contributed by atoms with van der Waals surface area (Å²) in [6, 6.07) is 4.14. The molecular weight excluding hydrogens is 268 g/mol. The molecule has 110 valence electrons. The van der Waals surface area contributed by atoms with Gasteiger partial charge in [0.25, 0.3) is 0 Å². The van der Waals surface area contributed by atoms with Crippen LogP contribution in [0.15, 0.2) is 18.2 Å². The first-order valence-electron chi connectivity index (χ1n) is 5.66. The van der Waals surface area contributed by atoms with Gasteiger partial charge in [0.15, 0.2) is 6.10 Å². The van der Waals surface area contributed by atoms with Gasteiger partial charge in [0.05, 0.1) is 26.9 Å². The van der Waals surface area contributed by atoms with E-state index in [0.717, 1.165) is 7.11 Å². The van der Waals surface area contributed by atoms with Crippen LogP contribution in [-0.2, 0) is 14.3 Å². The Labute approximate surface area is 115 Å². The van der Waals surface area contributed by atoms with E-state index in [2.05, 4.69) is 9.47 Å². The van der Waals surface area contributed by atoms with Gasteiger partial charge in [-0.3, -0.25) is 0 Å². The molecule has 0 aliphatic rings. The number of hydrogen-bond donors (Lipinski definition) is 2. The molecule has 2 unspecified atom stereocenters. The molecule has 0 saturated carbocycles. The summed E-state index contributed by atoms with van der Waals surface area (Å²) >= 11 is 0. The molecule has 2 N–H and O–H groups in total. The molecule has 0 aromatic heterocycles. The van der Waals surface area contributed by atoms with Crippen molar-refractivity contribution in [3.8, 4) is 5.75 Å². The Morgan fingerprint density at radius 3 is 2.25 bits per heavy atom. The van der Waals surface area contributed by atoms with Crippen molar-refractivity contribution >= 4 is 11.9 Å². The molecule has 0 saturated heterocycles. The molecule has 0 spiro atoms. The Morgan fingerprint density at radius 1 is 1.10 bits per heavy atom. The molecule has 0 bridgehead atoms. The van der Waals surface area contributed by atoms with Gasteiger partial charge in [-0.2, -0.15) is 0 Å². The van der Waals surface area contributed by atoms with E-state index in [4.69, 9.17) is 4.74 Å². The molecule has 0 amide bonds. The third-order valence-corrected chi connectivity index (χ3v) is 2.71. The fourth-order valence-electron chi connectivity index (χ4n) is 1.63. The molecular formula is C13H16O7. The Morgan fingerprint density at radius 2 is 1.75 bits per heavy atom. The van der Waals surface area contributed by atoms with Gasteiger partial charge in [-0.05, 0) is 18.2 Å². The van der Waals surface area contributed by atoms with E-state index in [9.17, 15) is 19.8 Å². The Hall–Kier alpha value is -2.12. The van der Waals surface area contributed by atoms with Crippen LogP contribution >= 0.6 is 0 Å². The SMILES string of the molecule is COC(=O)c1ccc(OC)c(C(O)C(O)C(=O)OC)c1. The number of carbonyl (C=O) groups is 2. The van der Waals surface area contributed by atoms with Crippen LogP contribution in [0.1, 0.15) is 22.0 Å². The highest BCUT2D eigenvalue weighted by Gasteiger charge is 2.29. The van der Waals surface area contributed by atoms with Crippen LogP contribution in [0.5, 0.6) is 5.75 Å². The van der Waals surface area contributed by atoms with E-state index in [0.29, 0.717) is 0 Å². The van der Waals surface area contributed by atoms with Crippen molar-refractivity contribution in [3.05, 3.63) is 29.3 Å². The second-order valence-corrected chi connectivity index (χ2v) is 3.86. The number of rotatable bonds is 5. The molecule has 0 aliphatic carbocycles. The third-order valence-electron chi connectivity index (χ3n) is 2.71. The largest absolute Gasteiger partial charge is 0.496 e. The van der Waals surface area contributed by atoms with Crippen molar-refractivity contribution in [2.24, 2.45) is 0 Å². The number of aliphatic hydroxyl groups is 2. The highest BCUT2D eigenvalue weighted by Crippen LogP contribution is 2.29. The van der Waals surface area contributed by atoms with Gasteiger partial charge in [-0.15, -0.1) is 0 Å². The summed E-state index contributed by atoms with van der Waals surface area (Å²) in [5.41, 5.74) is 0.229. The first-order chi connectivity index (χ1) is 9.46. The van der Waals surface area contributed by atoms with Crippen molar-refractivity contribution in [1.29, 1.82) is 0 Å². The molecule has 1 rings (SSSR count). The zero-order chi connectivity index (χ0) is 15.3. The average Bonchev–Trinajstić information content (AvgIpc) is 2.50. The lowest BCUT2D eigenvalue weighted by molar-refractivity contribution is -0.156. The van der Waals surface area contributed by atoms with Crippen LogP contribution in [0.25, 0.3) is 0 Å². The monoisotopic (exact) mass is 284 g/mol. The van der Waals surface area contributed by atoms with Crippen LogP contribution < -0.4 is 4.74 Å². The van der Waals surface area contributed by atoms with E-state index in [-0.39, 0.29) is 16.9 Å². The lowest BCUT2D eigenvalue weighted by atomic mass is 10.0. The zero-order valence-electron chi connectivity index (χ0n) is 11.3. The molecule has 0 heterocycles. The summed E-state index contributed by atoms with van der Waals surface area (Å²) in [4.78, 5) is 22.7. The first kappa shape index (κ1) is 15.9. The number of hydrogen-bond acceptors (Lipinski definition) is 7. The van der Waals surface area contributed by atoms with E-state index < -0.39 is 24.1 Å². The minimum atomic E-state index is -1.79. The van der Waals surface area contributed by atoms with Gasteiger partial charge in [-0.1, -0.05) is 0 Å². The van der Waals surface area contributed by atoms with Crippen molar-refractivity contribution in [1.82, 2.24) is 0 Å². The second kappa shape index (κ2) is 6.88. The molecule has 0 radical (unpaired) electrons. The molecule has 7 nitrogen and oxygen atoms in total. The van der Waals surface area contributed by atoms with Crippen LogP contribution in [0.4, 0.5) is 0 Å². The van der Waals surface area contributed by atoms with Crippen LogP contribution in [-0.4, -0.2) is 49.6 Å². The molecule has 20 heavy (non-hydrogen) atoms. The van der Waals surface area contributed by atoms with Gasteiger partial charge in [0, 0.05) is 5.56 Å². The molecule has 2 atom stereocenters. The number of esters is 2. The van der Waals surface area contributed by atoms with Gasteiger partial charge in [-0.25, -0.2) is 9.59 Å². The van der Waals surface area contributed by atoms with E-state index >= 15 is 0 Å². The maximum absolute atomic E-state index is 11.4. The minimum Gasteiger partial charge on any atom is -0.496 e. The number of ether oxygens (including phenoxy) is 3. The summed E-state index contributed by atoms with van der Waals surface area (Å²) in [6.45, 7) is 0. The summed E-state index contributed by atoms with van der Waals surface area (Å²) in [7, 11) is 3.65. The number of benzene rings is 1. The van der Waals surface area contributed by atoms with Crippen LogP contribution in [0.2, 0.25) is 0 Å². The maximum Gasteiger partial charge on any atom is 0.337 e. The maximum atomic E-state index is 11.4. The first-order valence-corrected chi connectivity index (χ1v) is 5.66. The number of aliphatic hydroxyl groups excluding tert-OH is 2. The topological polar surface area (TPSA) is 102 Å². The van der Waals surface area contributed by atoms with Crippen molar-refractivity contribution < 1.29 is 34.0 Å². The van der Waals surface area contributed by atoms with E-state index in [1.54, 1.807) is 0 Å². The van der Waals surface area contributed by atoms with Crippen molar-refractivity contribution in [2.45, 2.75) is 12.2 Å². The fourth-order valence-corrected chi connectivity index (χ4v) is 1.63. The summed E-state index contributed by atoms with van der Waals surface area (Å²) < 4.78 is 13.9. The van der Waals surface area contributed by atoms with Crippen LogP contribution in [0, 0.1) is 0 Å². The Balaban J connectivity index is 3.19. The summed E-state index contributed by atoms with van der Waals surface area (Å²) in [5, 5.41) is 19.6. The fraction of sp³-hybridized carbons (Fsp3) is 0.385. The van der Waals surface area contributed by atoms with Crippen LogP contribution in [0.3, 0.4) is 0 Å². The standard InChI is InChI=1S/C13H16O7/c1-18-9-5-4-7(12(16)19-2)6-8(9)10(14)11(15)13(17)20-3/h4-6,10-11,14-15H,1-3H3. The highest BCUT2D eigenvalue weighted by atomic mass is 16.5. The predicted octanol–water partition coefficient (Wildman–Crippen LogP) is 0.0491. The number of carbonyl (C=O) groups excluding carboxylic acids is 2.